The third-order valence-corrected chi connectivity index (χ3v) is 8.65. The Bertz CT molecular complexity index is 944. The molecule has 2 aromatic rings. The number of methoxy groups -OCH3 is 4. The second kappa shape index (κ2) is 11.2. The van der Waals surface area contributed by atoms with E-state index in [0.717, 1.165) is 40.3 Å². The Balaban J connectivity index is 2.47. The van der Waals surface area contributed by atoms with Gasteiger partial charge in [-0.15, -0.1) is 0 Å². The standard InChI is InChI=1S/C28H41O5Si/c1-19(21-15-24(30-9)26(32-11)25(16-21)31-10)20-12-13-22(29-8)23(14-20)33-34(17-27(2,3)4)18-28(5,6)7/h12-16H,1,17-18H2,2-11H3. The number of rotatable bonds is 10. The molecule has 0 aliphatic heterocycles. The zero-order valence-corrected chi connectivity index (χ0v) is 23.5. The molecule has 1 radical (unpaired) electrons. The first-order chi connectivity index (χ1) is 15.8. The van der Waals surface area contributed by atoms with Crippen molar-refractivity contribution in [1.82, 2.24) is 0 Å². The van der Waals surface area contributed by atoms with Crippen molar-refractivity contribution in [2.24, 2.45) is 10.8 Å². The van der Waals surface area contributed by atoms with Crippen molar-refractivity contribution >= 4 is 14.6 Å². The van der Waals surface area contributed by atoms with Crippen molar-refractivity contribution in [3.8, 4) is 28.7 Å². The molecule has 0 unspecified atom stereocenters. The quantitative estimate of drug-likeness (QED) is 0.332. The zero-order valence-electron chi connectivity index (χ0n) is 22.5. The second-order valence-electron chi connectivity index (χ2n) is 10.9. The van der Waals surface area contributed by atoms with Crippen LogP contribution >= 0.6 is 0 Å². The van der Waals surface area contributed by atoms with Crippen molar-refractivity contribution in [3.63, 3.8) is 0 Å². The fourth-order valence-electron chi connectivity index (χ4n) is 3.84. The van der Waals surface area contributed by atoms with Crippen LogP contribution in [-0.2, 0) is 0 Å². The average Bonchev–Trinajstić information content (AvgIpc) is 2.75. The van der Waals surface area contributed by atoms with Crippen LogP contribution in [0.5, 0.6) is 28.7 Å². The Morgan fingerprint density at radius 2 is 1.15 bits per heavy atom. The van der Waals surface area contributed by atoms with E-state index in [0.29, 0.717) is 17.2 Å². The molecule has 187 valence electrons. The molecule has 0 heterocycles. The van der Waals surface area contributed by atoms with Crippen LogP contribution in [0.1, 0.15) is 52.7 Å². The van der Waals surface area contributed by atoms with E-state index in [1.54, 1.807) is 28.4 Å². The van der Waals surface area contributed by atoms with Gasteiger partial charge in [-0.2, -0.15) is 0 Å². The normalized spacial score (nSPS) is 11.9. The highest BCUT2D eigenvalue weighted by atomic mass is 28.3. The van der Waals surface area contributed by atoms with E-state index in [4.69, 9.17) is 23.4 Å². The Morgan fingerprint density at radius 3 is 1.56 bits per heavy atom. The van der Waals surface area contributed by atoms with Gasteiger partial charge in [0.15, 0.2) is 17.2 Å². The molecule has 6 heteroatoms. The topological polar surface area (TPSA) is 46.2 Å². The Kier molecular flexibility index (Phi) is 9.12. The summed E-state index contributed by atoms with van der Waals surface area (Å²) < 4.78 is 28.9. The summed E-state index contributed by atoms with van der Waals surface area (Å²) in [5.74, 6) is 3.22. The largest absolute Gasteiger partial charge is 0.539 e. The molecular weight excluding hydrogens is 444 g/mol. The summed E-state index contributed by atoms with van der Waals surface area (Å²) in [6, 6.07) is 11.9. The van der Waals surface area contributed by atoms with Gasteiger partial charge in [0.2, 0.25) is 5.75 Å². The van der Waals surface area contributed by atoms with Gasteiger partial charge in [0, 0.05) is 0 Å². The van der Waals surface area contributed by atoms with E-state index in [1.165, 1.54) is 0 Å². The van der Waals surface area contributed by atoms with E-state index in [1.807, 2.05) is 30.3 Å². The van der Waals surface area contributed by atoms with Crippen LogP contribution < -0.4 is 23.4 Å². The van der Waals surface area contributed by atoms with E-state index < -0.39 is 9.04 Å². The molecule has 0 spiro atoms. The van der Waals surface area contributed by atoms with Crippen LogP contribution in [0, 0.1) is 10.8 Å². The predicted octanol–water partition coefficient (Wildman–Crippen LogP) is 7.25. The molecule has 2 rings (SSSR count). The number of hydrogen-bond acceptors (Lipinski definition) is 5. The minimum absolute atomic E-state index is 0.185. The summed E-state index contributed by atoms with van der Waals surface area (Å²) in [5, 5.41) is 0. The summed E-state index contributed by atoms with van der Waals surface area (Å²) in [4.78, 5) is 0. The second-order valence-corrected chi connectivity index (χ2v) is 12.9. The summed E-state index contributed by atoms with van der Waals surface area (Å²) in [6.07, 6.45) is 0. The third kappa shape index (κ3) is 7.45. The van der Waals surface area contributed by atoms with Crippen LogP contribution in [0.3, 0.4) is 0 Å². The molecule has 2 aromatic carbocycles. The van der Waals surface area contributed by atoms with Gasteiger partial charge in [-0.3, -0.25) is 0 Å². The minimum atomic E-state index is -1.15. The summed E-state index contributed by atoms with van der Waals surface area (Å²) in [7, 11) is 5.34. The lowest BCUT2D eigenvalue weighted by atomic mass is 9.98. The lowest BCUT2D eigenvalue weighted by molar-refractivity contribution is 0.324. The van der Waals surface area contributed by atoms with Crippen LogP contribution in [0.15, 0.2) is 36.9 Å². The summed E-state index contributed by atoms with van der Waals surface area (Å²) >= 11 is 0. The number of benzene rings is 2. The fraction of sp³-hybridized carbons (Fsp3) is 0.500. The average molecular weight is 486 g/mol. The molecule has 0 saturated carbocycles. The van der Waals surface area contributed by atoms with Gasteiger partial charge in [0.25, 0.3) is 9.04 Å². The molecule has 34 heavy (non-hydrogen) atoms. The molecular formula is C28H41O5Si. The lowest BCUT2D eigenvalue weighted by Gasteiger charge is -2.30. The van der Waals surface area contributed by atoms with Gasteiger partial charge in [-0.05, 0) is 63.9 Å². The lowest BCUT2D eigenvalue weighted by Crippen LogP contribution is -2.31. The van der Waals surface area contributed by atoms with Gasteiger partial charge in [-0.1, -0.05) is 54.2 Å². The van der Waals surface area contributed by atoms with Crippen LogP contribution in [0.25, 0.3) is 5.57 Å². The minimum Gasteiger partial charge on any atom is -0.539 e. The maximum absolute atomic E-state index is 6.71. The van der Waals surface area contributed by atoms with Crippen molar-refractivity contribution in [1.29, 1.82) is 0 Å². The molecule has 0 amide bonds. The Hall–Kier alpha value is -2.60. The van der Waals surface area contributed by atoms with Crippen molar-refractivity contribution in [2.45, 2.75) is 53.6 Å². The molecule has 0 bridgehead atoms. The molecule has 0 atom stereocenters. The first-order valence-corrected chi connectivity index (χ1v) is 13.3. The zero-order chi connectivity index (χ0) is 25.7. The maximum Gasteiger partial charge on any atom is 0.282 e. The van der Waals surface area contributed by atoms with Crippen LogP contribution in [0.2, 0.25) is 12.1 Å². The van der Waals surface area contributed by atoms with E-state index in [-0.39, 0.29) is 10.8 Å². The summed E-state index contributed by atoms with van der Waals surface area (Å²) in [5.41, 5.74) is 3.01. The van der Waals surface area contributed by atoms with E-state index in [9.17, 15) is 0 Å². The molecule has 0 aromatic heterocycles. The van der Waals surface area contributed by atoms with Crippen LogP contribution in [-0.4, -0.2) is 37.5 Å². The predicted molar refractivity (Wildman–Crippen MR) is 142 cm³/mol. The molecule has 0 saturated heterocycles. The van der Waals surface area contributed by atoms with Crippen molar-refractivity contribution < 1.29 is 23.4 Å². The van der Waals surface area contributed by atoms with Gasteiger partial charge in [0.1, 0.15) is 5.75 Å². The molecule has 0 fully saturated rings. The van der Waals surface area contributed by atoms with E-state index in [2.05, 4.69) is 48.1 Å². The van der Waals surface area contributed by atoms with Crippen molar-refractivity contribution in [3.05, 3.63) is 48.0 Å². The molecule has 0 N–H and O–H groups in total. The third-order valence-electron chi connectivity index (χ3n) is 5.23. The van der Waals surface area contributed by atoms with Gasteiger partial charge in [0.05, 0.1) is 28.4 Å². The van der Waals surface area contributed by atoms with Gasteiger partial charge >= 0.3 is 0 Å². The molecule has 0 aliphatic carbocycles. The number of ether oxygens (including phenoxy) is 4. The monoisotopic (exact) mass is 485 g/mol. The maximum atomic E-state index is 6.71. The SMILES string of the molecule is C=C(c1ccc(OC)c(O[Si](CC(C)(C)C)CC(C)(C)C)c1)c1cc(OC)c(OC)c(OC)c1. The molecule has 0 aliphatic rings. The highest BCUT2D eigenvalue weighted by molar-refractivity contribution is 6.53. The first-order valence-electron chi connectivity index (χ1n) is 11.5. The molecule has 5 nitrogen and oxygen atoms in total. The smallest absolute Gasteiger partial charge is 0.282 e. The highest BCUT2D eigenvalue weighted by Crippen LogP contribution is 2.42. The Labute approximate surface area is 207 Å². The van der Waals surface area contributed by atoms with Crippen LogP contribution in [0.4, 0.5) is 0 Å². The van der Waals surface area contributed by atoms with Gasteiger partial charge in [-0.25, -0.2) is 0 Å². The van der Waals surface area contributed by atoms with Crippen molar-refractivity contribution in [2.75, 3.05) is 28.4 Å². The fourth-order valence-corrected chi connectivity index (χ4v) is 6.95. The Morgan fingerprint density at radius 1 is 0.676 bits per heavy atom. The first kappa shape index (κ1) is 27.6. The highest BCUT2D eigenvalue weighted by Gasteiger charge is 2.29. The number of hydrogen-bond donors (Lipinski definition) is 0. The van der Waals surface area contributed by atoms with Gasteiger partial charge < -0.3 is 23.4 Å². The van der Waals surface area contributed by atoms with E-state index >= 15 is 0 Å². The summed E-state index contributed by atoms with van der Waals surface area (Å²) in [6.45, 7) is 18.0.